The number of fused-ring (bicyclic) bond motifs is 1. The van der Waals surface area contributed by atoms with Gasteiger partial charge < -0.3 is 5.32 Å². The maximum atomic E-state index is 12.8. The first kappa shape index (κ1) is 19.7. The molecule has 1 aromatic heterocycles. The van der Waals surface area contributed by atoms with Gasteiger partial charge in [-0.25, -0.2) is 4.98 Å². The van der Waals surface area contributed by atoms with Gasteiger partial charge in [0.25, 0.3) is 5.91 Å². The second kappa shape index (κ2) is 9.20. The fraction of sp³-hybridized carbons (Fsp3) is 0.273. The first-order chi connectivity index (χ1) is 13.1. The van der Waals surface area contributed by atoms with Gasteiger partial charge in [-0.05, 0) is 30.7 Å². The highest BCUT2D eigenvalue weighted by Gasteiger charge is 2.14. The summed E-state index contributed by atoms with van der Waals surface area (Å²) in [6.07, 6.45) is 4.48. The van der Waals surface area contributed by atoms with E-state index in [9.17, 15) is 4.79 Å². The van der Waals surface area contributed by atoms with Gasteiger partial charge in [-0.15, -0.1) is 0 Å². The number of unbranched alkanes of at least 4 members (excludes halogenated alkanes) is 3. The number of carbonyl (C=O) groups is 1. The predicted molar refractivity (Wildman–Crippen MR) is 114 cm³/mol. The fourth-order valence-corrected chi connectivity index (χ4v) is 3.31. The minimum Gasteiger partial charge on any atom is -0.352 e. The first-order valence-electron chi connectivity index (χ1n) is 9.23. The Morgan fingerprint density at radius 3 is 2.59 bits per heavy atom. The molecule has 0 unspecified atom stereocenters. The summed E-state index contributed by atoms with van der Waals surface area (Å²) in [6.45, 7) is 2.85. The topological polar surface area (TPSA) is 42.0 Å². The van der Waals surface area contributed by atoms with Crippen molar-refractivity contribution in [3.63, 3.8) is 0 Å². The van der Waals surface area contributed by atoms with Crippen molar-refractivity contribution < 1.29 is 4.79 Å². The molecule has 1 N–H and O–H groups in total. The highest BCUT2D eigenvalue weighted by atomic mass is 35.5. The van der Waals surface area contributed by atoms with Crippen LogP contribution >= 0.6 is 23.2 Å². The second-order valence-corrected chi connectivity index (χ2v) is 7.33. The molecule has 5 heteroatoms. The summed E-state index contributed by atoms with van der Waals surface area (Å²) in [5.41, 5.74) is 2.92. The molecular formula is C22H22Cl2N2O. The van der Waals surface area contributed by atoms with Crippen molar-refractivity contribution in [1.29, 1.82) is 0 Å². The molecule has 3 nitrogen and oxygen atoms in total. The van der Waals surface area contributed by atoms with Crippen molar-refractivity contribution in [1.82, 2.24) is 10.3 Å². The molecule has 1 heterocycles. The second-order valence-electron chi connectivity index (χ2n) is 6.52. The van der Waals surface area contributed by atoms with E-state index in [4.69, 9.17) is 28.2 Å². The van der Waals surface area contributed by atoms with Crippen LogP contribution in [0.25, 0.3) is 22.2 Å². The Hall–Kier alpha value is -2.10. The van der Waals surface area contributed by atoms with Crippen molar-refractivity contribution in [3.05, 3.63) is 64.1 Å². The number of nitrogens with zero attached hydrogens (tertiary/aromatic N) is 1. The number of rotatable bonds is 7. The van der Waals surface area contributed by atoms with Crippen LogP contribution in [0, 0.1) is 0 Å². The summed E-state index contributed by atoms with van der Waals surface area (Å²) in [4.78, 5) is 17.5. The molecule has 0 fully saturated rings. The highest BCUT2D eigenvalue weighted by Crippen LogP contribution is 2.30. The molecule has 140 valence electrons. The van der Waals surface area contributed by atoms with Crippen LogP contribution in [0.3, 0.4) is 0 Å². The maximum absolute atomic E-state index is 12.8. The van der Waals surface area contributed by atoms with Crippen LogP contribution in [-0.2, 0) is 0 Å². The van der Waals surface area contributed by atoms with Crippen LogP contribution in [0.2, 0.25) is 10.0 Å². The SMILES string of the molecule is CCCCCCNC(=O)c1cc(-c2ccc(Cl)c(Cl)c2)nc2ccccc12. The van der Waals surface area contributed by atoms with Gasteiger partial charge in [-0.1, -0.05) is 73.7 Å². The van der Waals surface area contributed by atoms with E-state index in [2.05, 4.69) is 12.2 Å². The average Bonchev–Trinajstić information content (AvgIpc) is 2.69. The molecule has 2 aromatic carbocycles. The summed E-state index contributed by atoms with van der Waals surface area (Å²) < 4.78 is 0. The minimum absolute atomic E-state index is 0.0774. The molecule has 0 saturated carbocycles. The van der Waals surface area contributed by atoms with Crippen molar-refractivity contribution >= 4 is 40.0 Å². The first-order valence-corrected chi connectivity index (χ1v) is 9.99. The third-order valence-corrected chi connectivity index (χ3v) is 5.23. The molecule has 0 aliphatic carbocycles. The van der Waals surface area contributed by atoms with Crippen molar-refractivity contribution in [3.8, 4) is 11.3 Å². The van der Waals surface area contributed by atoms with Crippen LogP contribution < -0.4 is 5.32 Å². The molecular weight excluding hydrogens is 379 g/mol. The standard InChI is InChI=1S/C22H22Cl2N2O/c1-2-3-4-7-12-25-22(27)17-14-21(15-10-11-18(23)19(24)13-15)26-20-9-6-5-8-16(17)20/h5-6,8-11,13-14H,2-4,7,12H2,1H3,(H,25,27). The number of carbonyl (C=O) groups excluding carboxylic acids is 1. The third-order valence-electron chi connectivity index (χ3n) is 4.49. The molecule has 1 amide bonds. The Morgan fingerprint density at radius 2 is 1.81 bits per heavy atom. The number of amides is 1. The number of para-hydroxylation sites is 1. The molecule has 27 heavy (non-hydrogen) atoms. The lowest BCUT2D eigenvalue weighted by molar-refractivity contribution is 0.0954. The van der Waals surface area contributed by atoms with Gasteiger partial charge >= 0.3 is 0 Å². The molecule has 0 aliphatic heterocycles. The largest absolute Gasteiger partial charge is 0.352 e. The Bertz CT molecular complexity index is 956. The zero-order valence-corrected chi connectivity index (χ0v) is 16.8. The third kappa shape index (κ3) is 4.79. The number of pyridine rings is 1. The smallest absolute Gasteiger partial charge is 0.252 e. The van der Waals surface area contributed by atoms with E-state index in [0.717, 1.165) is 29.3 Å². The lowest BCUT2D eigenvalue weighted by Gasteiger charge is -2.11. The van der Waals surface area contributed by atoms with Crippen LogP contribution in [-0.4, -0.2) is 17.4 Å². The van der Waals surface area contributed by atoms with E-state index in [1.54, 1.807) is 12.1 Å². The highest BCUT2D eigenvalue weighted by molar-refractivity contribution is 6.42. The van der Waals surface area contributed by atoms with Gasteiger partial charge in [0, 0.05) is 17.5 Å². The van der Waals surface area contributed by atoms with Gasteiger partial charge in [-0.3, -0.25) is 4.79 Å². The van der Waals surface area contributed by atoms with E-state index in [0.29, 0.717) is 27.8 Å². The van der Waals surface area contributed by atoms with Gasteiger partial charge in [0.05, 0.1) is 26.8 Å². The van der Waals surface area contributed by atoms with Crippen molar-refractivity contribution in [2.45, 2.75) is 32.6 Å². The molecule has 0 aliphatic rings. The Balaban J connectivity index is 1.93. The van der Waals surface area contributed by atoms with Crippen LogP contribution in [0.4, 0.5) is 0 Å². The zero-order valence-electron chi connectivity index (χ0n) is 15.3. The van der Waals surface area contributed by atoms with Crippen molar-refractivity contribution in [2.75, 3.05) is 6.54 Å². The number of hydrogen-bond acceptors (Lipinski definition) is 2. The van der Waals surface area contributed by atoms with Crippen molar-refractivity contribution in [2.24, 2.45) is 0 Å². The van der Waals surface area contributed by atoms with E-state index < -0.39 is 0 Å². The minimum atomic E-state index is -0.0774. The summed E-state index contributed by atoms with van der Waals surface area (Å²) in [6, 6.07) is 14.9. The number of aromatic nitrogens is 1. The monoisotopic (exact) mass is 400 g/mol. The Labute approximate surface area is 169 Å². The molecule has 0 spiro atoms. The van der Waals surface area contributed by atoms with E-state index >= 15 is 0 Å². The van der Waals surface area contributed by atoms with Crippen LogP contribution in [0.5, 0.6) is 0 Å². The summed E-state index contributed by atoms with van der Waals surface area (Å²) in [5, 5.41) is 4.83. The normalized spacial score (nSPS) is 10.9. The van der Waals surface area contributed by atoms with E-state index in [-0.39, 0.29) is 5.91 Å². The zero-order chi connectivity index (χ0) is 19.2. The lowest BCUT2D eigenvalue weighted by atomic mass is 10.0. The molecule has 3 aromatic rings. The number of halogens is 2. The Morgan fingerprint density at radius 1 is 1.00 bits per heavy atom. The molecule has 3 rings (SSSR count). The van der Waals surface area contributed by atoms with E-state index in [1.165, 1.54) is 12.8 Å². The number of benzene rings is 2. The Kier molecular flexibility index (Phi) is 6.70. The lowest BCUT2D eigenvalue weighted by Crippen LogP contribution is -2.24. The van der Waals surface area contributed by atoms with E-state index in [1.807, 2.05) is 36.4 Å². The molecule has 0 radical (unpaired) electrons. The summed E-state index contributed by atoms with van der Waals surface area (Å²) in [5.74, 6) is -0.0774. The van der Waals surface area contributed by atoms with Crippen LogP contribution in [0.15, 0.2) is 48.5 Å². The molecule has 0 saturated heterocycles. The number of nitrogens with one attached hydrogen (secondary N) is 1. The van der Waals surface area contributed by atoms with Gasteiger partial charge in [0.2, 0.25) is 0 Å². The summed E-state index contributed by atoms with van der Waals surface area (Å²) >= 11 is 12.2. The number of hydrogen-bond donors (Lipinski definition) is 1. The van der Waals surface area contributed by atoms with Gasteiger partial charge in [0.15, 0.2) is 0 Å². The van der Waals surface area contributed by atoms with Gasteiger partial charge in [-0.2, -0.15) is 0 Å². The fourth-order valence-electron chi connectivity index (χ4n) is 3.02. The maximum Gasteiger partial charge on any atom is 0.252 e. The average molecular weight is 401 g/mol. The van der Waals surface area contributed by atoms with Gasteiger partial charge in [0.1, 0.15) is 0 Å². The molecule has 0 bridgehead atoms. The molecule has 0 atom stereocenters. The summed E-state index contributed by atoms with van der Waals surface area (Å²) in [7, 11) is 0. The quantitative estimate of drug-likeness (QED) is 0.458. The van der Waals surface area contributed by atoms with Crippen LogP contribution in [0.1, 0.15) is 43.0 Å². The predicted octanol–water partition coefficient (Wildman–Crippen LogP) is 6.52.